The average Bonchev–Trinajstić information content (AvgIpc) is 2.49. The molecule has 0 heterocycles. The second kappa shape index (κ2) is 10.3. The SMILES string of the molecule is CCCCCCCCCOc1c(C=O)cccc1OC. The van der Waals surface area contributed by atoms with Gasteiger partial charge in [0.15, 0.2) is 17.8 Å². The smallest absolute Gasteiger partial charge is 0.171 e. The standard InChI is InChI=1S/C17H26O3/c1-3-4-5-6-7-8-9-13-20-17-15(14-18)11-10-12-16(17)19-2/h10-12,14H,3-9,13H2,1-2H3. The number of rotatable bonds is 11. The number of benzene rings is 1. The van der Waals surface area contributed by atoms with E-state index >= 15 is 0 Å². The number of unbranched alkanes of at least 4 members (excludes halogenated alkanes) is 6. The molecule has 0 saturated carbocycles. The van der Waals surface area contributed by atoms with Crippen molar-refractivity contribution in [2.24, 2.45) is 0 Å². The normalized spacial score (nSPS) is 10.3. The third-order valence-electron chi connectivity index (χ3n) is 3.35. The summed E-state index contributed by atoms with van der Waals surface area (Å²) in [6.07, 6.45) is 9.52. The third kappa shape index (κ3) is 5.64. The van der Waals surface area contributed by atoms with Gasteiger partial charge in [0.2, 0.25) is 0 Å². The number of para-hydroxylation sites is 1. The number of carbonyl (C=O) groups excluding carboxylic acids is 1. The zero-order valence-corrected chi connectivity index (χ0v) is 12.7. The molecule has 0 aliphatic heterocycles. The molecule has 3 nitrogen and oxygen atoms in total. The van der Waals surface area contributed by atoms with E-state index < -0.39 is 0 Å². The van der Waals surface area contributed by atoms with Gasteiger partial charge in [0.1, 0.15) is 0 Å². The summed E-state index contributed by atoms with van der Waals surface area (Å²) in [5.41, 5.74) is 0.548. The van der Waals surface area contributed by atoms with E-state index in [9.17, 15) is 4.79 Å². The summed E-state index contributed by atoms with van der Waals surface area (Å²) < 4.78 is 10.9. The summed E-state index contributed by atoms with van der Waals surface area (Å²) in [5, 5.41) is 0. The van der Waals surface area contributed by atoms with Crippen molar-refractivity contribution >= 4 is 6.29 Å². The largest absolute Gasteiger partial charge is 0.493 e. The van der Waals surface area contributed by atoms with E-state index in [1.807, 2.05) is 6.07 Å². The van der Waals surface area contributed by atoms with Crippen LogP contribution in [0.25, 0.3) is 0 Å². The molecule has 0 aliphatic carbocycles. The highest BCUT2D eigenvalue weighted by atomic mass is 16.5. The van der Waals surface area contributed by atoms with Gasteiger partial charge in [-0.25, -0.2) is 0 Å². The van der Waals surface area contributed by atoms with Crippen LogP contribution in [0.4, 0.5) is 0 Å². The fourth-order valence-corrected chi connectivity index (χ4v) is 2.17. The van der Waals surface area contributed by atoms with Crippen LogP contribution in [0.2, 0.25) is 0 Å². The van der Waals surface area contributed by atoms with Gasteiger partial charge in [0.05, 0.1) is 19.3 Å². The second-order valence-corrected chi connectivity index (χ2v) is 4.97. The number of ether oxygens (including phenoxy) is 2. The Hall–Kier alpha value is -1.51. The number of hydrogen-bond donors (Lipinski definition) is 0. The zero-order valence-electron chi connectivity index (χ0n) is 12.7. The minimum atomic E-state index is 0.548. The summed E-state index contributed by atoms with van der Waals surface area (Å²) in [7, 11) is 1.59. The molecule has 0 radical (unpaired) electrons. The van der Waals surface area contributed by atoms with Gasteiger partial charge in [-0.1, -0.05) is 51.5 Å². The molecule has 1 aromatic rings. The maximum Gasteiger partial charge on any atom is 0.171 e. The molecule has 0 spiro atoms. The molecule has 0 aromatic heterocycles. The quantitative estimate of drug-likeness (QED) is 0.437. The lowest BCUT2D eigenvalue weighted by atomic mass is 10.1. The van der Waals surface area contributed by atoms with Crippen molar-refractivity contribution in [3.8, 4) is 11.5 Å². The van der Waals surface area contributed by atoms with E-state index in [-0.39, 0.29) is 0 Å². The van der Waals surface area contributed by atoms with Crippen LogP contribution in [0.3, 0.4) is 0 Å². The fourth-order valence-electron chi connectivity index (χ4n) is 2.17. The lowest BCUT2D eigenvalue weighted by molar-refractivity contribution is 0.111. The monoisotopic (exact) mass is 278 g/mol. The van der Waals surface area contributed by atoms with Crippen molar-refractivity contribution in [2.45, 2.75) is 51.9 Å². The van der Waals surface area contributed by atoms with Crippen LogP contribution >= 0.6 is 0 Å². The first-order valence-electron chi connectivity index (χ1n) is 7.58. The summed E-state index contributed by atoms with van der Waals surface area (Å²) in [4.78, 5) is 11.0. The van der Waals surface area contributed by atoms with Gasteiger partial charge in [-0.15, -0.1) is 0 Å². The Morgan fingerprint density at radius 3 is 2.40 bits per heavy atom. The van der Waals surface area contributed by atoms with Gasteiger partial charge in [-0.3, -0.25) is 4.79 Å². The molecule has 0 fully saturated rings. The van der Waals surface area contributed by atoms with Crippen LogP contribution < -0.4 is 9.47 Å². The Morgan fingerprint density at radius 2 is 1.75 bits per heavy atom. The molecular formula is C17H26O3. The molecule has 3 heteroatoms. The third-order valence-corrected chi connectivity index (χ3v) is 3.35. The van der Waals surface area contributed by atoms with Crippen molar-refractivity contribution in [3.63, 3.8) is 0 Å². The number of carbonyl (C=O) groups is 1. The summed E-state index contributed by atoms with van der Waals surface area (Å²) in [6, 6.07) is 5.35. The molecule has 0 aliphatic rings. The van der Waals surface area contributed by atoms with Crippen molar-refractivity contribution in [1.82, 2.24) is 0 Å². The minimum absolute atomic E-state index is 0.548. The molecule has 1 aromatic carbocycles. The van der Waals surface area contributed by atoms with Crippen molar-refractivity contribution in [3.05, 3.63) is 23.8 Å². The van der Waals surface area contributed by atoms with Crippen molar-refractivity contribution in [2.75, 3.05) is 13.7 Å². The Balaban J connectivity index is 2.29. The Labute approximate surface area is 122 Å². The van der Waals surface area contributed by atoms with Crippen LogP contribution in [-0.4, -0.2) is 20.0 Å². The lowest BCUT2D eigenvalue weighted by Gasteiger charge is -2.12. The fraction of sp³-hybridized carbons (Fsp3) is 0.588. The van der Waals surface area contributed by atoms with Crippen LogP contribution in [0, 0.1) is 0 Å². The van der Waals surface area contributed by atoms with E-state index in [1.54, 1.807) is 19.2 Å². The molecule has 0 amide bonds. The highest BCUT2D eigenvalue weighted by molar-refractivity contribution is 5.81. The van der Waals surface area contributed by atoms with Gasteiger partial charge in [-0.2, -0.15) is 0 Å². The van der Waals surface area contributed by atoms with E-state index in [1.165, 1.54) is 38.5 Å². The van der Waals surface area contributed by atoms with Crippen molar-refractivity contribution < 1.29 is 14.3 Å². The van der Waals surface area contributed by atoms with Gasteiger partial charge in [0.25, 0.3) is 0 Å². The predicted molar refractivity (Wildman–Crippen MR) is 81.9 cm³/mol. The first kappa shape index (κ1) is 16.5. The summed E-state index contributed by atoms with van der Waals surface area (Å²) in [6.45, 7) is 2.86. The number of methoxy groups -OCH3 is 1. The van der Waals surface area contributed by atoms with Gasteiger partial charge < -0.3 is 9.47 Å². The highest BCUT2D eigenvalue weighted by Gasteiger charge is 2.09. The maximum absolute atomic E-state index is 11.0. The Morgan fingerprint density at radius 1 is 1.05 bits per heavy atom. The topological polar surface area (TPSA) is 35.5 Å². The highest BCUT2D eigenvalue weighted by Crippen LogP contribution is 2.30. The number of hydrogen-bond acceptors (Lipinski definition) is 3. The van der Waals surface area contributed by atoms with Crippen LogP contribution in [0.1, 0.15) is 62.2 Å². The van der Waals surface area contributed by atoms with Gasteiger partial charge in [-0.05, 0) is 18.6 Å². The van der Waals surface area contributed by atoms with Crippen LogP contribution in [0.5, 0.6) is 11.5 Å². The molecule has 0 N–H and O–H groups in total. The summed E-state index contributed by atoms with van der Waals surface area (Å²) in [5.74, 6) is 1.19. The minimum Gasteiger partial charge on any atom is -0.493 e. The second-order valence-electron chi connectivity index (χ2n) is 4.97. The molecule has 0 bridgehead atoms. The van der Waals surface area contributed by atoms with Crippen LogP contribution in [0.15, 0.2) is 18.2 Å². The first-order valence-corrected chi connectivity index (χ1v) is 7.58. The molecular weight excluding hydrogens is 252 g/mol. The molecule has 1 rings (SSSR count). The van der Waals surface area contributed by atoms with E-state index in [0.717, 1.165) is 12.7 Å². The van der Waals surface area contributed by atoms with Gasteiger partial charge >= 0.3 is 0 Å². The molecule has 112 valence electrons. The van der Waals surface area contributed by atoms with E-state index in [0.29, 0.717) is 23.7 Å². The van der Waals surface area contributed by atoms with E-state index in [2.05, 4.69) is 6.92 Å². The first-order chi connectivity index (χ1) is 9.83. The predicted octanol–water partition coefficient (Wildman–Crippen LogP) is 4.64. The number of aldehydes is 1. The van der Waals surface area contributed by atoms with Crippen molar-refractivity contribution in [1.29, 1.82) is 0 Å². The molecule has 0 unspecified atom stereocenters. The van der Waals surface area contributed by atoms with E-state index in [4.69, 9.17) is 9.47 Å². The van der Waals surface area contributed by atoms with Gasteiger partial charge in [0, 0.05) is 0 Å². The Bertz CT molecular complexity index is 388. The maximum atomic E-state index is 11.0. The molecule has 20 heavy (non-hydrogen) atoms. The Kier molecular flexibility index (Phi) is 8.52. The summed E-state index contributed by atoms with van der Waals surface area (Å²) >= 11 is 0. The average molecular weight is 278 g/mol. The molecule has 0 atom stereocenters. The zero-order chi connectivity index (χ0) is 14.6. The molecule has 0 saturated heterocycles. The lowest BCUT2D eigenvalue weighted by Crippen LogP contribution is -2.02. The van der Waals surface area contributed by atoms with Crippen LogP contribution in [-0.2, 0) is 0 Å².